The lowest BCUT2D eigenvalue weighted by Crippen LogP contribution is -2.55. The lowest BCUT2D eigenvalue weighted by Gasteiger charge is -2.38. The molecule has 0 atom stereocenters. The Labute approximate surface area is 180 Å². The molecule has 0 aromatic carbocycles. The van der Waals surface area contributed by atoms with E-state index >= 15 is 0 Å². The third-order valence-electron chi connectivity index (χ3n) is 6.27. The van der Waals surface area contributed by atoms with Crippen molar-refractivity contribution >= 4 is 19.2 Å². The summed E-state index contributed by atoms with van der Waals surface area (Å²) in [4.78, 5) is 30.4. The Balaban J connectivity index is 1.50. The van der Waals surface area contributed by atoms with Gasteiger partial charge in [0.05, 0.1) is 11.2 Å². The molecule has 168 valence electrons. The number of urea groups is 1. The Morgan fingerprint density at radius 3 is 1.93 bits per heavy atom. The number of rotatable bonds is 1. The molecule has 3 aliphatic heterocycles. The van der Waals surface area contributed by atoms with E-state index in [1.54, 1.807) is 4.90 Å². The molecule has 9 heteroatoms. The quantitative estimate of drug-likeness (QED) is 0.609. The van der Waals surface area contributed by atoms with Crippen LogP contribution in [0.25, 0.3) is 0 Å². The fourth-order valence-electron chi connectivity index (χ4n) is 3.67. The van der Waals surface area contributed by atoms with Crippen LogP contribution in [0, 0.1) is 0 Å². The molecule has 2 fully saturated rings. The summed E-state index contributed by atoms with van der Waals surface area (Å²) in [6.07, 6.45) is 2.48. The first-order chi connectivity index (χ1) is 13.8. The van der Waals surface area contributed by atoms with Gasteiger partial charge in [0, 0.05) is 39.3 Å². The third kappa shape index (κ3) is 4.94. The molecule has 0 radical (unpaired) electrons. The van der Waals surface area contributed by atoms with Crippen LogP contribution in [0.5, 0.6) is 0 Å². The van der Waals surface area contributed by atoms with Crippen molar-refractivity contribution in [2.45, 2.75) is 71.7 Å². The van der Waals surface area contributed by atoms with Gasteiger partial charge in [-0.15, -0.1) is 0 Å². The molecule has 0 bridgehead atoms. The van der Waals surface area contributed by atoms with Crippen LogP contribution in [0.1, 0.15) is 54.9 Å². The summed E-state index contributed by atoms with van der Waals surface area (Å²) in [5.74, 6) is 0. The van der Waals surface area contributed by atoms with E-state index in [9.17, 15) is 9.59 Å². The van der Waals surface area contributed by atoms with Gasteiger partial charge in [-0.2, -0.15) is 0 Å². The summed E-state index contributed by atoms with van der Waals surface area (Å²) < 4.78 is 17.7. The monoisotopic (exact) mass is 421 g/mol. The molecule has 0 saturated carbocycles. The lowest BCUT2D eigenvalue weighted by molar-refractivity contribution is 0.00578. The molecule has 0 spiro atoms. The maximum atomic E-state index is 12.9. The molecule has 3 rings (SSSR count). The van der Waals surface area contributed by atoms with Gasteiger partial charge in [0.1, 0.15) is 5.60 Å². The van der Waals surface area contributed by atoms with Crippen molar-refractivity contribution in [1.82, 2.24) is 14.7 Å². The zero-order valence-corrected chi connectivity index (χ0v) is 19.5. The highest BCUT2D eigenvalue weighted by Crippen LogP contribution is 2.39. The topological polar surface area (TPSA) is 71.6 Å². The molecular weight excluding hydrogens is 385 g/mol. The summed E-state index contributed by atoms with van der Waals surface area (Å²) in [5.41, 5.74) is -0.134. The molecule has 3 heterocycles. The number of hydrogen-bond donors (Lipinski definition) is 0. The van der Waals surface area contributed by atoms with Gasteiger partial charge in [0.2, 0.25) is 0 Å². The first-order valence-corrected chi connectivity index (χ1v) is 10.9. The maximum Gasteiger partial charge on any atom is 0.490 e. The van der Waals surface area contributed by atoms with Gasteiger partial charge < -0.3 is 28.7 Å². The standard InChI is InChI=1S/C21H36BN3O5/c1-19(2,3)28-18(27)25-14-12-24(13-15-25)17(26)23-10-8-16(9-11-23)22-29-20(4,5)21(6,7)30-22/h8H,9-15H2,1-7H3. The van der Waals surface area contributed by atoms with Crippen molar-refractivity contribution in [1.29, 1.82) is 0 Å². The smallest absolute Gasteiger partial charge is 0.444 e. The van der Waals surface area contributed by atoms with Crippen LogP contribution < -0.4 is 0 Å². The average Bonchev–Trinajstić information content (AvgIpc) is 2.87. The van der Waals surface area contributed by atoms with Crippen LogP contribution in [-0.4, -0.2) is 90.0 Å². The van der Waals surface area contributed by atoms with E-state index in [0.717, 1.165) is 11.9 Å². The molecule has 0 unspecified atom stereocenters. The summed E-state index contributed by atoms with van der Waals surface area (Å²) in [6.45, 7) is 16.9. The molecule has 3 amide bonds. The first kappa shape index (κ1) is 22.9. The normalized spacial score (nSPS) is 24.0. The van der Waals surface area contributed by atoms with Gasteiger partial charge >= 0.3 is 19.2 Å². The van der Waals surface area contributed by atoms with E-state index in [0.29, 0.717) is 39.3 Å². The predicted molar refractivity (Wildman–Crippen MR) is 115 cm³/mol. The van der Waals surface area contributed by atoms with Gasteiger partial charge in [-0.25, -0.2) is 9.59 Å². The molecule has 0 aromatic rings. The van der Waals surface area contributed by atoms with Gasteiger partial charge in [-0.3, -0.25) is 0 Å². The van der Waals surface area contributed by atoms with E-state index in [2.05, 4.69) is 6.08 Å². The van der Waals surface area contributed by atoms with E-state index in [1.807, 2.05) is 58.3 Å². The Hall–Kier alpha value is -1.74. The molecule has 0 aromatic heterocycles. The van der Waals surface area contributed by atoms with E-state index in [4.69, 9.17) is 14.0 Å². The second-order valence-corrected chi connectivity index (χ2v) is 10.3. The number of amides is 3. The van der Waals surface area contributed by atoms with Gasteiger partial charge in [-0.1, -0.05) is 6.08 Å². The molecule has 2 saturated heterocycles. The highest BCUT2D eigenvalue weighted by Gasteiger charge is 2.52. The second kappa shape index (κ2) is 8.07. The maximum absolute atomic E-state index is 12.9. The second-order valence-electron chi connectivity index (χ2n) is 10.3. The molecule has 30 heavy (non-hydrogen) atoms. The number of carbonyl (C=O) groups is 2. The van der Waals surface area contributed by atoms with Crippen molar-refractivity contribution in [2.24, 2.45) is 0 Å². The lowest BCUT2D eigenvalue weighted by atomic mass is 9.75. The summed E-state index contributed by atoms with van der Waals surface area (Å²) >= 11 is 0. The zero-order chi connectivity index (χ0) is 22.3. The van der Waals surface area contributed by atoms with Crippen LogP contribution in [0.3, 0.4) is 0 Å². The zero-order valence-electron chi connectivity index (χ0n) is 19.5. The van der Waals surface area contributed by atoms with Crippen molar-refractivity contribution in [3.63, 3.8) is 0 Å². The number of piperazine rings is 1. The minimum absolute atomic E-state index is 0.0167. The number of ether oxygens (including phenoxy) is 1. The van der Waals surface area contributed by atoms with Crippen LogP contribution in [-0.2, 0) is 14.0 Å². The Kier molecular flexibility index (Phi) is 6.17. The van der Waals surface area contributed by atoms with Gasteiger partial charge in [0.25, 0.3) is 0 Å². The summed E-state index contributed by atoms with van der Waals surface area (Å²) in [7, 11) is -0.343. The van der Waals surface area contributed by atoms with E-state index in [-0.39, 0.29) is 30.4 Å². The summed E-state index contributed by atoms with van der Waals surface area (Å²) in [6, 6.07) is 0.0167. The SMILES string of the molecule is CC(C)(C)OC(=O)N1CCN(C(=O)N2CC=C(B3OC(C)(C)C(C)(C)O3)CC2)CC1. The van der Waals surface area contributed by atoms with Gasteiger partial charge in [0.15, 0.2) is 0 Å². The molecular formula is C21H36BN3O5. The Bertz CT molecular complexity index is 692. The molecule has 8 nitrogen and oxygen atoms in total. The fourth-order valence-corrected chi connectivity index (χ4v) is 3.67. The van der Waals surface area contributed by atoms with Crippen molar-refractivity contribution in [3.8, 4) is 0 Å². The predicted octanol–water partition coefficient (Wildman–Crippen LogP) is 2.92. The minimum atomic E-state index is -0.515. The van der Waals surface area contributed by atoms with Crippen LogP contribution >= 0.6 is 0 Å². The number of nitrogens with zero attached hydrogens (tertiary/aromatic N) is 3. The molecule has 0 aliphatic carbocycles. The van der Waals surface area contributed by atoms with E-state index < -0.39 is 5.60 Å². The van der Waals surface area contributed by atoms with Crippen LogP contribution in [0.2, 0.25) is 0 Å². The van der Waals surface area contributed by atoms with Crippen molar-refractivity contribution in [2.75, 3.05) is 39.3 Å². The molecule has 3 aliphatic rings. The molecule has 0 N–H and O–H groups in total. The Morgan fingerprint density at radius 1 is 0.933 bits per heavy atom. The fraction of sp³-hybridized carbons (Fsp3) is 0.810. The Morgan fingerprint density at radius 2 is 1.47 bits per heavy atom. The van der Waals surface area contributed by atoms with Crippen LogP contribution in [0.4, 0.5) is 9.59 Å². The first-order valence-electron chi connectivity index (χ1n) is 10.9. The number of carbonyl (C=O) groups excluding carboxylic acids is 2. The average molecular weight is 421 g/mol. The minimum Gasteiger partial charge on any atom is -0.444 e. The van der Waals surface area contributed by atoms with E-state index in [1.165, 1.54) is 0 Å². The summed E-state index contributed by atoms with van der Waals surface area (Å²) in [5, 5.41) is 0. The van der Waals surface area contributed by atoms with Crippen LogP contribution in [0.15, 0.2) is 11.5 Å². The van der Waals surface area contributed by atoms with Crippen molar-refractivity contribution in [3.05, 3.63) is 11.5 Å². The third-order valence-corrected chi connectivity index (χ3v) is 6.27. The van der Waals surface area contributed by atoms with Crippen molar-refractivity contribution < 1.29 is 23.6 Å². The number of hydrogen-bond acceptors (Lipinski definition) is 5. The van der Waals surface area contributed by atoms with Gasteiger partial charge in [-0.05, 0) is 60.4 Å². The highest BCUT2D eigenvalue weighted by molar-refractivity contribution is 6.54. The highest BCUT2D eigenvalue weighted by atomic mass is 16.7. The largest absolute Gasteiger partial charge is 0.490 e.